The van der Waals surface area contributed by atoms with Gasteiger partial charge in [-0.05, 0) is 142 Å². The fraction of sp³-hybridized carbons (Fsp3) is 0. The number of anilines is 6. The van der Waals surface area contributed by atoms with Crippen molar-refractivity contribution in [3.63, 3.8) is 0 Å². The molecule has 76 heavy (non-hydrogen) atoms. The van der Waals surface area contributed by atoms with E-state index in [9.17, 15) is 0 Å². The largest absolute Gasteiger partial charge is 0.456 e. The third-order valence-electron chi connectivity index (χ3n) is 14.4. The first kappa shape index (κ1) is 44.4. The Labute approximate surface area is 438 Å². The summed E-state index contributed by atoms with van der Waals surface area (Å²) in [5, 5.41) is 8.83. The number of aromatic nitrogens is 2. The molecule has 0 aliphatic carbocycles. The minimum absolute atomic E-state index is 0.854. The molecular weight excluding hydrogens is 929 g/mol. The van der Waals surface area contributed by atoms with Crippen molar-refractivity contribution >= 4 is 111 Å². The van der Waals surface area contributed by atoms with Crippen LogP contribution in [0, 0.1) is 0 Å². The quantitative estimate of drug-likeness (QED) is 0.141. The number of hydrogen-bond donors (Lipinski definition) is 0. The average Bonchev–Trinajstić information content (AvgIpc) is 4.03. The summed E-state index contributed by atoms with van der Waals surface area (Å²) in [4.78, 5) is 13.8. The molecule has 0 N–H and O–H groups in total. The van der Waals surface area contributed by atoms with Crippen LogP contribution in [0.4, 0.5) is 34.1 Å². The smallest absolute Gasteiger partial charge is 0.137 e. The summed E-state index contributed by atoms with van der Waals surface area (Å²) in [6.07, 6.45) is 3.75. The Kier molecular flexibility index (Phi) is 11.1. The lowest BCUT2D eigenvalue weighted by atomic mass is 9.97. The predicted molar refractivity (Wildman–Crippen MR) is 316 cm³/mol. The molecule has 6 nitrogen and oxygen atoms in total. The van der Waals surface area contributed by atoms with Gasteiger partial charge in [-0.25, -0.2) is 0 Å². The lowest BCUT2D eigenvalue weighted by Gasteiger charge is -2.25. The highest BCUT2D eigenvalue weighted by Gasteiger charge is 2.19. The molecule has 0 radical (unpaired) electrons. The Morgan fingerprint density at radius 3 is 0.921 bits per heavy atom. The Morgan fingerprint density at radius 1 is 0.250 bits per heavy atom. The highest BCUT2D eigenvalue weighted by molar-refractivity contribution is 6.16. The zero-order valence-corrected chi connectivity index (χ0v) is 41.2. The van der Waals surface area contributed by atoms with Crippen LogP contribution in [0.15, 0.2) is 288 Å². The summed E-state index contributed by atoms with van der Waals surface area (Å²) in [6, 6.07) is 92.9. The van der Waals surface area contributed by atoms with Crippen molar-refractivity contribution in [2.75, 3.05) is 9.80 Å². The molecule has 4 aromatic heterocycles. The van der Waals surface area contributed by atoms with Crippen LogP contribution >= 0.6 is 0 Å². The summed E-state index contributed by atoms with van der Waals surface area (Å²) < 4.78 is 13.1. The van der Waals surface area contributed by atoms with Crippen molar-refractivity contribution in [1.82, 2.24) is 9.97 Å². The summed E-state index contributed by atoms with van der Waals surface area (Å²) >= 11 is 0. The maximum absolute atomic E-state index is 6.57. The van der Waals surface area contributed by atoms with Gasteiger partial charge in [0.25, 0.3) is 0 Å². The zero-order chi connectivity index (χ0) is 50.4. The number of furan rings is 2. The summed E-state index contributed by atoms with van der Waals surface area (Å²) in [7, 11) is 0. The van der Waals surface area contributed by atoms with E-state index in [-0.39, 0.29) is 0 Å². The topological polar surface area (TPSA) is 58.5 Å². The second-order valence-electron chi connectivity index (χ2n) is 18.9. The first-order chi connectivity index (χ1) is 37.7. The molecule has 15 rings (SSSR count). The molecule has 4 heterocycles. The van der Waals surface area contributed by atoms with Crippen LogP contribution in [-0.4, -0.2) is 9.97 Å². The van der Waals surface area contributed by atoms with Gasteiger partial charge >= 0.3 is 0 Å². The first-order valence-electron chi connectivity index (χ1n) is 25.5. The molecular formula is C70H46N4O2. The minimum Gasteiger partial charge on any atom is -0.456 e. The van der Waals surface area contributed by atoms with E-state index in [2.05, 4.69) is 250 Å². The average molecular weight is 975 g/mol. The van der Waals surface area contributed by atoms with Crippen LogP contribution in [0.1, 0.15) is 0 Å². The Balaban J connectivity index is 0.000000170. The molecule has 0 saturated carbocycles. The van der Waals surface area contributed by atoms with Crippen LogP contribution in [0.5, 0.6) is 0 Å². The number of para-hydroxylation sites is 4. The molecule has 15 aromatic rings. The summed E-state index contributed by atoms with van der Waals surface area (Å²) in [5.74, 6) is 0. The van der Waals surface area contributed by atoms with E-state index < -0.39 is 0 Å². The lowest BCUT2D eigenvalue weighted by Crippen LogP contribution is -2.09. The molecule has 0 fully saturated rings. The van der Waals surface area contributed by atoms with Crippen LogP contribution in [0.3, 0.4) is 0 Å². The molecule has 0 atom stereocenters. The number of benzene rings is 11. The fourth-order valence-corrected chi connectivity index (χ4v) is 10.8. The van der Waals surface area contributed by atoms with Crippen molar-refractivity contribution in [2.24, 2.45) is 0 Å². The van der Waals surface area contributed by atoms with Crippen LogP contribution in [0.25, 0.3) is 98.7 Å². The molecule has 11 aromatic carbocycles. The van der Waals surface area contributed by atoms with Gasteiger partial charge in [-0.15, -0.1) is 0 Å². The Hall–Kier alpha value is -10.3. The first-order valence-corrected chi connectivity index (χ1v) is 25.5. The minimum atomic E-state index is 0.854. The number of fused-ring (bicyclic) bond motifs is 10. The molecule has 0 bridgehead atoms. The van der Waals surface area contributed by atoms with Crippen molar-refractivity contribution in [3.05, 3.63) is 279 Å². The maximum Gasteiger partial charge on any atom is 0.137 e. The molecule has 6 heteroatoms. The van der Waals surface area contributed by atoms with Gasteiger partial charge in [0.15, 0.2) is 0 Å². The SMILES string of the molecule is c1ccc(-c2ccnc3c2ccc2c(-c4ccccc4)ccnc23)cc1.c1ccc(N(c2ccccc2)c2ccc3c(c2)oc2cc4cc5c(cc4cc23)oc2cc(N(c3ccccc3)c3ccccc3)ccc25)cc1. The number of hydrogen-bond acceptors (Lipinski definition) is 6. The van der Waals surface area contributed by atoms with Crippen LogP contribution < -0.4 is 9.80 Å². The summed E-state index contributed by atoms with van der Waals surface area (Å²) in [6.45, 7) is 0. The van der Waals surface area contributed by atoms with Crippen molar-refractivity contribution in [3.8, 4) is 22.3 Å². The number of rotatable bonds is 8. The molecule has 0 unspecified atom stereocenters. The molecule has 0 spiro atoms. The lowest BCUT2D eigenvalue weighted by molar-refractivity contribution is 0.668. The van der Waals surface area contributed by atoms with E-state index in [0.29, 0.717) is 0 Å². The number of pyridine rings is 2. The third-order valence-corrected chi connectivity index (χ3v) is 14.4. The fourth-order valence-electron chi connectivity index (χ4n) is 10.8. The van der Waals surface area contributed by atoms with Gasteiger partial charge in [0.2, 0.25) is 0 Å². The Morgan fingerprint density at radius 2 is 0.566 bits per heavy atom. The van der Waals surface area contributed by atoms with Gasteiger partial charge in [0.05, 0.1) is 11.0 Å². The Bertz CT molecular complexity index is 4190. The zero-order valence-electron chi connectivity index (χ0n) is 41.2. The van der Waals surface area contributed by atoms with Gasteiger partial charge in [0.1, 0.15) is 22.3 Å². The normalized spacial score (nSPS) is 11.4. The van der Waals surface area contributed by atoms with Crippen molar-refractivity contribution in [1.29, 1.82) is 0 Å². The predicted octanol–water partition coefficient (Wildman–Crippen LogP) is 19.7. The van der Waals surface area contributed by atoms with E-state index in [1.54, 1.807) is 0 Å². The molecule has 358 valence electrons. The monoisotopic (exact) mass is 974 g/mol. The van der Waals surface area contributed by atoms with Gasteiger partial charge in [0, 0.05) is 91.0 Å². The third kappa shape index (κ3) is 8.02. The molecule has 0 aliphatic heterocycles. The van der Waals surface area contributed by atoms with Crippen molar-refractivity contribution < 1.29 is 8.83 Å². The molecule has 0 saturated heterocycles. The van der Waals surface area contributed by atoms with Gasteiger partial charge in [-0.2, -0.15) is 0 Å². The van der Waals surface area contributed by atoms with E-state index in [4.69, 9.17) is 8.83 Å². The van der Waals surface area contributed by atoms with Gasteiger partial charge in [-0.3, -0.25) is 9.97 Å². The van der Waals surface area contributed by atoms with E-state index in [1.165, 1.54) is 22.3 Å². The van der Waals surface area contributed by atoms with Crippen LogP contribution in [-0.2, 0) is 0 Å². The molecule has 0 amide bonds. The van der Waals surface area contributed by atoms with Crippen molar-refractivity contribution in [2.45, 2.75) is 0 Å². The standard InChI is InChI=1S/C46H30N2O2.C24H16N2/c1-5-13-33(14-6-1)47(34-15-7-2-8-16-34)37-21-23-39-41-25-31-28-44-42(26-32(31)27-43(41)49-45(39)29-37)40-24-22-38(30-46(40)50-44)48(35-17-9-3-10-18-35)36-19-11-4-12-20-36;1-3-7-17(8-4-1)19-13-15-25-23-21(19)11-12-22-20(14-16-26-24(22)23)18-9-5-2-6-10-18/h1-30H;1-16H. The number of nitrogens with zero attached hydrogens (tertiary/aromatic N) is 4. The molecule has 0 aliphatic rings. The van der Waals surface area contributed by atoms with E-state index >= 15 is 0 Å². The van der Waals surface area contributed by atoms with E-state index in [1.807, 2.05) is 48.8 Å². The van der Waals surface area contributed by atoms with E-state index in [0.717, 1.165) is 111 Å². The maximum atomic E-state index is 6.57. The second-order valence-corrected chi connectivity index (χ2v) is 18.9. The van der Waals surface area contributed by atoms with Crippen LogP contribution in [0.2, 0.25) is 0 Å². The van der Waals surface area contributed by atoms with Gasteiger partial charge in [-0.1, -0.05) is 146 Å². The highest BCUT2D eigenvalue weighted by atomic mass is 16.3. The van der Waals surface area contributed by atoms with Gasteiger partial charge < -0.3 is 18.6 Å². The highest BCUT2D eigenvalue weighted by Crippen LogP contribution is 2.43. The second kappa shape index (κ2) is 19.0. The summed E-state index contributed by atoms with van der Waals surface area (Å²) in [5.41, 5.74) is 16.5.